The molecular weight excluding hydrogens is 240 g/mol. The van der Waals surface area contributed by atoms with Crippen molar-refractivity contribution in [3.05, 3.63) is 35.1 Å². The van der Waals surface area contributed by atoms with Crippen LogP contribution in [0.15, 0.2) is 18.2 Å². The Morgan fingerprint density at radius 1 is 1.35 bits per heavy atom. The van der Waals surface area contributed by atoms with Gasteiger partial charge in [-0.15, -0.1) is 0 Å². The number of carboxylic acids is 1. The van der Waals surface area contributed by atoms with E-state index in [2.05, 4.69) is 0 Å². The van der Waals surface area contributed by atoms with Crippen LogP contribution in [0.3, 0.4) is 0 Å². The predicted molar refractivity (Wildman–Crippen MR) is 49.9 cm³/mol. The quantitative estimate of drug-likeness (QED) is 0.817. The molecule has 1 fully saturated rings. The molecule has 0 aromatic heterocycles. The molecule has 0 heterocycles. The SMILES string of the molecule is O=C(O)C1CC1c1ccc(C(F)(F)F)cc1F. The highest BCUT2D eigenvalue weighted by Gasteiger charge is 2.45. The highest BCUT2D eigenvalue weighted by atomic mass is 19.4. The first-order valence-corrected chi connectivity index (χ1v) is 4.90. The summed E-state index contributed by atoms with van der Waals surface area (Å²) < 4.78 is 50.2. The summed E-state index contributed by atoms with van der Waals surface area (Å²) in [6.07, 6.45) is -4.31. The van der Waals surface area contributed by atoms with Crippen LogP contribution in [0, 0.1) is 11.7 Å². The van der Waals surface area contributed by atoms with Gasteiger partial charge in [-0.05, 0) is 24.1 Å². The van der Waals surface area contributed by atoms with E-state index in [0.29, 0.717) is 6.07 Å². The minimum atomic E-state index is -4.59. The second-order valence-electron chi connectivity index (χ2n) is 4.02. The number of aliphatic carboxylic acids is 1. The second-order valence-corrected chi connectivity index (χ2v) is 4.02. The van der Waals surface area contributed by atoms with Crippen molar-refractivity contribution in [3.8, 4) is 0 Å². The summed E-state index contributed by atoms with van der Waals surface area (Å²) in [5, 5.41) is 8.66. The summed E-state index contributed by atoms with van der Waals surface area (Å²) in [5.41, 5.74) is -1.02. The highest BCUT2D eigenvalue weighted by molar-refractivity contribution is 5.75. The molecule has 1 aliphatic carbocycles. The summed E-state index contributed by atoms with van der Waals surface area (Å²) in [6.45, 7) is 0. The van der Waals surface area contributed by atoms with E-state index in [4.69, 9.17) is 5.11 Å². The van der Waals surface area contributed by atoms with Crippen molar-refractivity contribution in [3.63, 3.8) is 0 Å². The van der Waals surface area contributed by atoms with Gasteiger partial charge in [-0.3, -0.25) is 4.79 Å². The summed E-state index contributed by atoms with van der Waals surface area (Å²) in [7, 11) is 0. The Morgan fingerprint density at radius 2 is 2.00 bits per heavy atom. The molecule has 0 radical (unpaired) electrons. The van der Waals surface area contributed by atoms with Crippen LogP contribution >= 0.6 is 0 Å². The van der Waals surface area contributed by atoms with E-state index in [1.165, 1.54) is 0 Å². The molecule has 0 saturated heterocycles. The van der Waals surface area contributed by atoms with Crippen LogP contribution in [0.25, 0.3) is 0 Å². The van der Waals surface area contributed by atoms with Crippen molar-refractivity contribution in [2.75, 3.05) is 0 Å². The number of hydrogen-bond acceptors (Lipinski definition) is 1. The third-order valence-electron chi connectivity index (χ3n) is 2.83. The Balaban J connectivity index is 2.25. The van der Waals surface area contributed by atoms with Gasteiger partial charge in [0.2, 0.25) is 0 Å². The fourth-order valence-corrected chi connectivity index (χ4v) is 1.82. The van der Waals surface area contributed by atoms with Crippen LogP contribution in [0.2, 0.25) is 0 Å². The van der Waals surface area contributed by atoms with Crippen molar-refractivity contribution in [2.24, 2.45) is 5.92 Å². The van der Waals surface area contributed by atoms with Crippen LogP contribution in [0.5, 0.6) is 0 Å². The first kappa shape index (κ1) is 11.9. The number of alkyl halides is 3. The summed E-state index contributed by atoms with van der Waals surface area (Å²) in [4.78, 5) is 10.6. The minimum absolute atomic E-state index is 0.0467. The molecule has 0 amide bonds. The predicted octanol–water partition coefficient (Wildman–Crippen LogP) is 3.03. The van der Waals surface area contributed by atoms with Gasteiger partial charge in [0.1, 0.15) is 5.82 Å². The first-order chi connectivity index (χ1) is 7.80. The minimum Gasteiger partial charge on any atom is -0.481 e. The molecule has 2 rings (SSSR count). The van der Waals surface area contributed by atoms with E-state index in [0.717, 1.165) is 12.1 Å². The topological polar surface area (TPSA) is 37.3 Å². The van der Waals surface area contributed by atoms with Crippen molar-refractivity contribution < 1.29 is 27.5 Å². The molecule has 2 atom stereocenters. The van der Waals surface area contributed by atoms with E-state index in [1.807, 2.05) is 0 Å². The molecule has 2 nitrogen and oxygen atoms in total. The van der Waals surface area contributed by atoms with E-state index >= 15 is 0 Å². The van der Waals surface area contributed by atoms with Gasteiger partial charge >= 0.3 is 12.1 Å². The zero-order valence-corrected chi connectivity index (χ0v) is 8.46. The van der Waals surface area contributed by atoms with Crippen molar-refractivity contribution in [1.29, 1.82) is 0 Å². The zero-order valence-electron chi connectivity index (χ0n) is 8.46. The third kappa shape index (κ3) is 2.25. The van der Waals surface area contributed by atoms with Gasteiger partial charge in [0, 0.05) is 5.92 Å². The van der Waals surface area contributed by atoms with Gasteiger partial charge in [0.15, 0.2) is 0 Å². The standard InChI is InChI=1S/C11H8F4O2/c12-9-3-5(11(13,14)15)1-2-6(9)7-4-8(7)10(16)17/h1-3,7-8H,4H2,(H,16,17). The Morgan fingerprint density at radius 3 is 2.41 bits per heavy atom. The molecule has 0 bridgehead atoms. The first-order valence-electron chi connectivity index (χ1n) is 4.90. The molecule has 0 spiro atoms. The lowest BCUT2D eigenvalue weighted by atomic mass is 10.1. The number of carbonyl (C=O) groups is 1. The lowest BCUT2D eigenvalue weighted by molar-refractivity contribution is -0.139. The fraction of sp³-hybridized carbons (Fsp3) is 0.364. The van der Waals surface area contributed by atoms with Gasteiger partial charge in [0.05, 0.1) is 11.5 Å². The average molecular weight is 248 g/mol. The molecule has 1 saturated carbocycles. The lowest BCUT2D eigenvalue weighted by Crippen LogP contribution is -2.06. The molecule has 1 N–H and O–H groups in total. The number of halogens is 4. The van der Waals surface area contributed by atoms with Crippen LogP contribution in [0.1, 0.15) is 23.5 Å². The monoisotopic (exact) mass is 248 g/mol. The maximum Gasteiger partial charge on any atom is 0.416 e. The van der Waals surface area contributed by atoms with E-state index < -0.39 is 35.4 Å². The number of hydrogen-bond donors (Lipinski definition) is 1. The average Bonchev–Trinajstić information content (AvgIpc) is 2.95. The molecule has 0 aliphatic heterocycles. The summed E-state index contributed by atoms with van der Waals surface area (Å²) in [6, 6.07) is 2.20. The zero-order chi connectivity index (χ0) is 12.8. The van der Waals surface area contributed by atoms with E-state index in [-0.39, 0.29) is 12.0 Å². The number of rotatable bonds is 2. The van der Waals surface area contributed by atoms with Gasteiger partial charge in [0.25, 0.3) is 0 Å². The van der Waals surface area contributed by atoms with Crippen molar-refractivity contribution in [2.45, 2.75) is 18.5 Å². The molecule has 6 heteroatoms. The van der Waals surface area contributed by atoms with Gasteiger partial charge in [-0.2, -0.15) is 13.2 Å². The van der Waals surface area contributed by atoms with Gasteiger partial charge < -0.3 is 5.11 Å². The maximum absolute atomic E-state index is 13.4. The third-order valence-corrected chi connectivity index (χ3v) is 2.83. The Kier molecular flexibility index (Phi) is 2.60. The Hall–Kier alpha value is -1.59. The van der Waals surface area contributed by atoms with Crippen LogP contribution in [-0.4, -0.2) is 11.1 Å². The second kappa shape index (κ2) is 3.72. The van der Waals surface area contributed by atoms with Crippen LogP contribution in [0.4, 0.5) is 17.6 Å². The summed E-state index contributed by atoms with van der Waals surface area (Å²) >= 11 is 0. The smallest absolute Gasteiger partial charge is 0.416 e. The largest absolute Gasteiger partial charge is 0.481 e. The number of carboxylic acid groups (broad SMARTS) is 1. The Bertz CT molecular complexity index is 467. The fourth-order valence-electron chi connectivity index (χ4n) is 1.82. The van der Waals surface area contributed by atoms with Gasteiger partial charge in [-0.25, -0.2) is 4.39 Å². The summed E-state index contributed by atoms with van der Waals surface area (Å²) in [5.74, 6) is -3.22. The highest BCUT2D eigenvalue weighted by Crippen LogP contribution is 2.48. The van der Waals surface area contributed by atoms with Crippen molar-refractivity contribution in [1.82, 2.24) is 0 Å². The number of benzene rings is 1. The van der Waals surface area contributed by atoms with E-state index in [9.17, 15) is 22.4 Å². The molecule has 1 aromatic carbocycles. The molecule has 1 aliphatic rings. The van der Waals surface area contributed by atoms with Crippen LogP contribution in [-0.2, 0) is 11.0 Å². The van der Waals surface area contributed by atoms with Crippen LogP contribution < -0.4 is 0 Å². The van der Waals surface area contributed by atoms with Gasteiger partial charge in [-0.1, -0.05) is 6.07 Å². The Labute approximate surface area is 93.9 Å². The molecule has 2 unspecified atom stereocenters. The molecule has 92 valence electrons. The normalized spacial score (nSPS) is 23.5. The molecule has 1 aromatic rings. The molecular formula is C11H8F4O2. The van der Waals surface area contributed by atoms with Crippen molar-refractivity contribution >= 4 is 5.97 Å². The maximum atomic E-state index is 13.4. The molecule has 17 heavy (non-hydrogen) atoms. The lowest BCUT2D eigenvalue weighted by Gasteiger charge is -2.08. The van der Waals surface area contributed by atoms with E-state index in [1.54, 1.807) is 0 Å².